The Labute approximate surface area is 216 Å². The number of halogens is 3. The molecular weight excluding hydrogens is 526 g/mol. The molecule has 0 radical (unpaired) electrons. The van der Waals surface area contributed by atoms with Crippen LogP contribution in [0, 0.1) is 11.6 Å². The number of pyridine rings is 1. The lowest BCUT2D eigenvalue weighted by Gasteiger charge is -2.14. The second kappa shape index (κ2) is 10.5. The van der Waals surface area contributed by atoms with Gasteiger partial charge in [0.15, 0.2) is 21.4 Å². The van der Waals surface area contributed by atoms with Crippen molar-refractivity contribution in [3.8, 4) is 22.6 Å². The number of nitrogens with zero attached hydrogens (tertiary/aromatic N) is 1. The van der Waals surface area contributed by atoms with Crippen molar-refractivity contribution in [1.82, 2.24) is 9.55 Å². The predicted octanol–water partition coefficient (Wildman–Crippen LogP) is 5.36. The molecule has 0 saturated carbocycles. The summed E-state index contributed by atoms with van der Waals surface area (Å²) in [6.45, 7) is 1.34. The SMILES string of the molecule is CCS(=O)(=O)c1ccc(Oc2ccc(F)cc2F)c(-c2cn(C)c3c(=O)[nH]c(/C=C(\Cl)CCO)cc23)c1. The summed E-state index contributed by atoms with van der Waals surface area (Å²) in [5, 5.41) is 9.91. The normalized spacial score (nSPS) is 12.3. The summed E-state index contributed by atoms with van der Waals surface area (Å²) in [4.78, 5) is 15.7. The molecule has 0 aliphatic rings. The van der Waals surface area contributed by atoms with Crippen molar-refractivity contribution in [1.29, 1.82) is 0 Å². The van der Waals surface area contributed by atoms with Crippen LogP contribution >= 0.6 is 11.6 Å². The van der Waals surface area contributed by atoms with Crippen LogP contribution in [0.25, 0.3) is 28.1 Å². The van der Waals surface area contributed by atoms with Crippen LogP contribution in [0.3, 0.4) is 0 Å². The van der Waals surface area contributed by atoms with Crippen LogP contribution in [0.2, 0.25) is 0 Å². The third-order valence-electron chi connectivity index (χ3n) is 5.75. The molecule has 194 valence electrons. The van der Waals surface area contributed by atoms with Gasteiger partial charge in [0.25, 0.3) is 5.56 Å². The number of aliphatic hydroxyl groups is 1. The number of hydrogen-bond acceptors (Lipinski definition) is 5. The molecular formula is C26H23ClF2N2O5S. The second-order valence-electron chi connectivity index (χ2n) is 8.27. The number of aromatic amines is 1. The molecule has 0 fully saturated rings. The van der Waals surface area contributed by atoms with Gasteiger partial charge in [0.05, 0.1) is 10.6 Å². The van der Waals surface area contributed by atoms with Gasteiger partial charge in [0.2, 0.25) is 0 Å². The van der Waals surface area contributed by atoms with Crippen molar-refractivity contribution in [2.24, 2.45) is 7.05 Å². The molecule has 0 saturated heterocycles. The maximum Gasteiger partial charge on any atom is 0.272 e. The van der Waals surface area contributed by atoms with Crippen molar-refractivity contribution in [3.05, 3.63) is 81.4 Å². The summed E-state index contributed by atoms with van der Waals surface area (Å²) >= 11 is 6.13. The Hall–Kier alpha value is -3.47. The largest absolute Gasteiger partial charge is 0.454 e. The molecule has 2 aromatic heterocycles. The summed E-state index contributed by atoms with van der Waals surface area (Å²) in [6.07, 6.45) is 3.34. The number of aromatic nitrogens is 2. The molecule has 7 nitrogen and oxygen atoms in total. The van der Waals surface area contributed by atoms with Gasteiger partial charge in [0.1, 0.15) is 17.1 Å². The first-order valence-electron chi connectivity index (χ1n) is 11.2. The van der Waals surface area contributed by atoms with Crippen molar-refractivity contribution >= 4 is 38.4 Å². The maximum atomic E-state index is 14.4. The lowest BCUT2D eigenvalue weighted by Crippen LogP contribution is -2.10. The van der Waals surface area contributed by atoms with E-state index in [4.69, 9.17) is 21.4 Å². The quantitative estimate of drug-likeness (QED) is 0.309. The van der Waals surface area contributed by atoms with E-state index in [-0.39, 0.29) is 40.7 Å². The Morgan fingerprint density at radius 1 is 1.14 bits per heavy atom. The molecule has 0 spiro atoms. The fourth-order valence-electron chi connectivity index (χ4n) is 3.94. The highest BCUT2D eigenvalue weighted by atomic mass is 35.5. The van der Waals surface area contributed by atoms with Crippen LogP contribution in [0.15, 0.2) is 63.4 Å². The van der Waals surface area contributed by atoms with Crippen molar-refractivity contribution in [2.45, 2.75) is 18.2 Å². The number of hydrogen-bond donors (Lipinski definition) is 2. The molecule has 2 heterocycles. The summed E-state index contributed by atoms with van der Waals surface area (Å²) in [5.74, 6) is -2.01. The molecule has 11 heteroatoms. The van der Waals surface area contributed by atoms with Gasteiger partial charge in [-0.25, -0.2) is 17.2 Å². The van der Waals surface area contributed by atoms with Gasteiger partial charge in [-0.3, -0.25) is 4.79 Å². The number of fused-ring (bicyclic) bond motifs is 1. The number of nitrogens with one attached hydrogen (secondary N) is 1. The summed E-state index contributed by atoms with van der Waals surface area (Å²) in [5.41, 5.74) is 0.976. The topological polar surface area (TPSA) is 101 Å². The Kier molecular flexibility index (Phi) is 7.54. The van der Waals surface area contributed by atoms with Crippen LogP contribution < -0.4 is 10.3 Å². The number of ether oxygens (including phenoxy) is 1. The minimum Gasteiger partial charge on any atom is -0.454 e. The predicted molar refractivity (Wildman–Crippen MR) is 139 cm³/mol. The van der Waals surface area contributed by atoms with Gasteiger partial charge < -0.3 is 19.4 Å². The van der Waals surface area contributed by atoms with Crippen LogP contribution in [-0.4, -0.2) is 35.4 Å². The van der Waals surface area contributed by atoms with E-state index in [1.807, 2.05) is 0 Å². The van der Waals surface area contributed by atoms with Crippen molar-refractivity contribution < 1.29 is 27.0 Å². The van der Waals surface area contributed by atoms with Crippen LogP contribution in [0.4, 0.5) is 8.78 Å². The first-order valence-corrected chi connectivity index (χ1v) is 13.3. The molecule has 4 rings (SSSR count). The van der Waals surface area contributed by atoms with E-state index in [9.17, 15) is 22.0 Å². The zero-order valence-corrected chi connectivity index (χ0v) is 21.5. The third kappa shape index (κ3) is 5.46. The van der Waals surface area contributed by atoms with Gasteiger partial charge in [-0.05, 0) is 42.5 Å². The number of aryl methyl sites for hydroxylation is 1. The van der Waals surface area contributed by atoms with E-state index < -0.39 is 27.0 Å². The standard InChI is InChI=1S/C26H23ClF2N2O5S/c1-3-37(34,35)18-5-7-23(36-24-6-4-16(28)11-22(24)29)19(13-18)21-14-31(2)25-20(21)12-17(30-26(25)33)10-15(27)8-9-32/h4-7,10-14,32H,3,8-9H2,1-2H3,(H,30,33)/b15-10-. The fraction of sp³-hybridized carbons (Fsp3) is 0.192. The number of aliphatic hydroxyl groups excluding tert-OH is 1. The van der Waals surface area contributed by atoms with Crippen molar-refractivity contribution in [3.63, 3.8) is 0 Å². The lowest BCUT2D eigenvalue weighted by molar-refractivity contribution is 0.301. The molecule has 0 atom stereocenters. The fourth-order valence-corrected chi connectivity index (χ4v) is 5.05. The van der Waals surface area contributed by atoms with E-state index in [2.05, 4.69) is 4.98 Å². The first-order chi connectivity index (χ1) is 17.5. The highest BCUT2D eigenvalue weighted by Gasteiger charge is 2.21. The molecule has 0 bridgehead atoms. The molecule has 0 aliphatic heterocycles. The summed E-state index contributed by atoms with van der Waals surface area (Å²) in [7, 11) is -1.97. The minimum atomic E-state index is -3.62. The molecule has 2 aromatic carbocycles. The monoisotopic (exact) mass is 548 g/mol. The average molecular weight is 549 g/mol. The lowest BCUT2D eigenvalue weighted by atomic mass is 10.0. The molecule has 37 heavy (non-hydrogen) atoms. The van der Waals surface area contributed by atoms with Gasteiger partial charge in [-0.1, -0.05) is 18.5 Å². The average Bonchev–Trinajstić information content (AvgIpc) is 3.17. The van der Waals surface area contributed by atoms with E-state index in [0.717, 1.165) is 12.1 Å². The van der Waals surface area contributed by atoms with Crippen LogP contribution in [-0.2, 0) is 16.9 Å². The van der Waals surface area contributed by atoms with Crippen LogP contribution in [0.1, 0.15) is 19.0 Å². The highest BCUT2D eigenvalue weighted by Crippen LogP contribution is 2.40. The second-order valence-corrected chi connectivity index (χ2v) is 11.0. The Balaban J connectivity index is 1.98. The highest BCUT2D eigenvalue weighted by molar-refractivity contribution is 7.91. The molecule has 4 aromatic rings. The summed E-state index contributed by atoms with van der Waals surface area (Å²) in [6, 6.07) is 8.66. The van der Waals surface area contributed by atoms with Crippen LogP contribution in [0.5, 0.6) is 11.5 Å². The summed E-state index contributed by atoms with van der Waals surface area (Å²) < 4.78 is 60.5. The zero-order chi connectivity index (χ0) is 26.9. The Bertz CT molecular complexity index is 1690. The van der Waals surface area contributed by atoms with E-state index >= 15 is 0 Å². The molecule has 0 unspecified atom stereocenters. The Morgan fingerprint density at radius 2 is 1.86 bits per heavy atom. The number of H-pyrrole nitrogens is 1. The van der Waals surface area contributed by atoms with Gasteiger partial charge >= 0.3 is 0 Å². The third-order valence-corrected chi connectivity index (χ3v) is 7.78. The molecule has 2 N–H and O–H groups in total. The van der Waals surface area contributed by atoms with E-state index in [1.54, 1.807) is 23.9 Å². The number of sulfone groups is 1. The smallest absolute Gasteiger partial charge is 0.272 e. The Morgan fingerprint density at radius 3 is 2.54 bits per heavy atom. The van der Waals surface area contributed by atoms with Gasteiger partial charge in [-0.2, -0.15) is 0 Å². The minimum absolute atomic E-state index is 0.0184. The van der Waals surface area contributed by atoms with E-state index in [1.165, 1.54) is 31.2 Å². The number of benzene rings is 2. The zero-order valence-electron chi connectivity index (χ0n) is 19.9. The van der Waals surface area contributed by atoms with Gasteiger partial charge in [0, 0.05) is 59.6 Å². The van der Waals surface area contributed by atoms with Gasteiger partial charge in [-0.15, -0.1) is 0 Å². The first kappa shape index (κ1) is 26.6. The van der Waals surface area contributed by atoms with Crippen molar-refractivity contribution in [2.75, 3.05) is 12.4 Å². The molecule has 0 amide bonds. The number of rotatable bonds is 8. The molecule has 0 aliphatic carbocycles. The van der Waals surface area contributed by atoms with E-state index in [0.29, 0.717) is 33.3 Å². The maximum absolute atomic E-state index is 14.4.